The number of carbonyl (C=O) groups excluding carboxylic acids is 1. The molecule has 0 saturated heterocycles. The Morgan fingerprint density at radius 2 is 1.92 bits per heavy atom. The van der Waals surface area contributed by atoms with Crippen LogP contribution in [0.25, 0.3) is 22.2 Å². The van der Waals surface area contributed by atoms with Crippen molar-refractivity contribution in [2.24, 2.45) is 0 Å². The number of amides is 1. The molecule has 1 N–H and O–H groups in total. The standard InChI is InChI=1S/C18H11ClN4O2/c19-12-1-2-15-13(9-12)14(18(24)22-17-5-8-25-23-17)10-16(21-15)11-3-6-20-7-4-11/h1-10H,(H,22,23,24). The second-order valence-electron chi connectivity index (χ2n) is 5.29. The summed E-state index contributed by atoms with van der Waals surface area (Å²) in [6.07, 6.45) is 4.75. The van der Waals surface area contributed by atoms with Crippen LogP contribution in [0.5, 0.6) is 0 Å². The zero-order valence-corrected chi connectivity index (χ0v) is 13.6. The van der Waals surface area contributed by atoms with Gasteiger partial charge in [0.25, 0.3) is 5.91 Å². The fraction of sp³-hybridized carbons (Fsp3) is 0. The lowest BCUT2D eigenvalue weighted by Crippen LogP contribution is -2.13. The summed E-state index contributed by atoms with van der Waals surface area (Å²) in [5.74, 6) is 0.0151. The molecule has 0 radical (unpaired) electrons. The lowest BCUT2D eigenvalue weighted by Gasteiger charge is -2.10. The second-order valence-corrected chi connectivity index (χ2v) is 5.73. The van der Waals surface area contributed by atoms with Crippen LogP contribution in [0.1, 0.15) is 10.4 Å². The highest BCUT2D eigenvalue weighted by atomic mass is 35.5. The van der Waals surface area contributed by atoms with E-state index in [1.54, 1.807) is 42.7 Å². The van der Waals surface area contributed by atoms with Crippen LogP contribution in [0.2, 0.25) is 5.02 Å². The molecule has 3 heterocycles. The normalized spacial score (nSPS) is 10.8. The van der Waals surface area contributed by atoms with E-state index in [-0.39, 0.29) is 5.91 Å². The van der Waals surface area contributed by atoms with E-state index in [2.05, 4.69) is 20.4 Å². The molecule has 0 bridgehead atoms. The van der Waals surface area contributed by atoms with Crippen molar-refractivity contribution in [3.8, 4) is 11.3 Å². The van der Waals surface area contributed by atoms with Crippen LogP contribution in [0, 0.1) is 0 Å². The van der Waals surface area contributed by atoms with Crippen molar-refractivity contribution in [2.75, 3.05) is 5.32 Å². The Kier molecular flexibility index (Phi) is 3.87. The monoisotopic (exact) mass is 350 g/mol. The van der Waals surface area contributed by atoms with Gasteiger partial charge in [-0.1, -0.05) is 16.8 Å². The van der Waals surface area contributed by atoms with Crippen molar-refractivity contribution in [1.29, 1.82) is 0 Å². The van der Waals surface area contributed by atoms with Gasteiger partial charge >= 0.3 is 0 Å². The zero-order valence-electron chi connectivity index (χ0n) is 12.8. The Hall–Kier alpha value is -3.25. The third kappa shape index (κ3) is 3.07. The van der Waals surface area contributed by atoms with Gasteiger partial charge < -0.3 is 9.84 Å². The van der Waals surface area contributed by atoms with Crippen molar-refractivity contribution in [3.05, 3.63) is 71.7 Å². The van der Waals surface area contributed by atoms with Gasteiger partial charge in [0.15, 0.2) is 5.82 Å². The first-order valence-electron chi connectivity index (χ1n) is 7.43. The van der Waals surface area contributed by atoms with Crippen molar-refractivity contribution in [2.45, 2.75) is 0 Å². The zero-order chi connectivity index (χ0) is 17.2. The number of hydrogen-bond acceptors (Lipinski definition) is 5. The Morgan fingerprint density at radius 3 is 2.68 bits per heavy atom. The van der Waals surface area contributed by atoms with Crippen LogP contribution in [0.15, 0.2) is 65.6 Å². The molecular weight excluding hydrogens is 340 g/mol. The predicted octanol–water partition coefficient (Wildman–Crippen LogP) is 4.19. The summed E-state index contributed by atoms with van der Waals surface area (Å²) in [6.45, 7) is 0. The van der Waals surface area contributed by atoms with E-state index in [9.17, 15) is 4.79 Å². The van der Waals surface area contributed by atoms with Gasteiger partial charge in [0.1, 0.15) is 6.26 Å². The summed E-state index contributed by atoms with van der Waals surface area (Å²) in [5, 5.41) is 7.59. The highest BCUT2D eigenvalue weighted by Crippen LogP contribution is 2.27. The minimum absolute atomic E-state index is 0.320. The molecule has 4 rings (SSSR count). The summed E-state index contributed by atoms with van der Waals surface area (Å²) in [5.41, 5.74) is 2.65. The molecule has 1 amide bonds. The Morgan fingerprint density at radius 1 is 1.08 bits per heavy atom. The minimum Gasteiger partial charge on any atom is -0.363 e. The predicted molar refractivity (Wildman–Crippen MR) is 94.4 cm³/mol. The first-order chi connectivity index (χ1) is 12.2. The van der Waals surface area contributed by atoms with Crippen LogP contribution in [-0.4, -0.2) is 21.0 Å². The molecule has 25 heavy (non-hydrogen) atoms. The number of aromatic nitrogens is 3. The first kappa shape index (κ1) is 15.3. The van der Waals surface area contributed by atoms with Crippen molar-refractivity contribution in [3.63, 3.8) is 0 Å². The molecule has 0 unspecified atom stereocenters. The fourth-order valence-corrected chi connectivity index (χ4v) is 2.69. The van der Waals surface area contributed by atoms with Crippen LogP contribution in [0.3, 0.4) is 0 Å². The fourth-order valence-electron chi connectivity index (χ4n) is 2.52. The van der Waals surface area contributed by atoms with Gasteiger partial charge in [-0.2, -0.15) is 0 Å². The molecule has 1 aromatic carbocycles. The summed E-state index contributed by atoms with van der Waals surface area (Å²) >= 11 is 6.10. The molecule has 122 valence electrons. The maximum atomic E-state index is 12.7. The molecule has 0 aliphatic carbocycles. The topological polar surface area (TPSA) is 80.9 Å². The maximum Gasteiger partial charge on any atom is 0.257 e. The Labute approximate surface area is 147 Å². The third-order valence-electron chi connectivity index (χ3n) is 3.67. The van der Waals surface area contributed by atoms with Crippen LogP contribution < -0.4 is 5.32 Å². The molecule has 0 spiro atoms. The van der Waals surface area contributed by atoms with Gasteiger partial charge in [-0.25, -0.2) is 4.98 Å². The van der Waals surface area contributed by atoms with Gasteiger partial charge in [-0.15, -0.1) is 0 Å². The molecule has 0 saturated carbocycles. The first-order valence-corrected chi connectivity index (χ1v) is 7.81. The largest absolute Gasteiger partial charge is 0.363 e. The molecule has 0 fully saturated rings. The van der Waals surface area contributed by atoms with Crippen LogP contribution in [-0.2, 0) is 0 Å². The molecular formula is C18H11ClN4O2. The van der Waals surface area contributed by atoms with Crippen molar-refractivity contribution >= 4 is 34.2 Å². The van der Waals surface area contributed by atoms with E-state index >= 15 is 0 Å². The van der Waals surface area contributed by atoms with Crippen molar-refractivity contribution in [1.82, 2.24) is 15.1 Å². The number of nitrogens with one attached hydrogen (secondary N) is 1. The molecule has 7 heteroatoms. The summed E-state index contributed by atoms with van der Waals surface area (Å²) < 4.78 is 4.75. The molecule has 0 aliphatic rings. The summed E-state index contributed by atoms with van der Waals surface area (Å²) in [4.78, 5) is 21.4. The number of pyridine rings is 2. The van der Waals surface area contributed by atoms with Crippen LogP contribution in [0.4, 0.5) is 5.82 Å². The molecule has 6 nitrogen and oxygen atoms in total. The van der Waals surface area contributed by atoms with E-state index in [4.69, 9.17) is 16.1 Å². The quantitative estimate of drug-likeness (QED) is 0.599. The smallest absolute Gasteiger partial charge is 0.257 e. The van der Waals surface area contributed by atoms with E-state index in [0.717, 1.165) is 5.56 Å². The maximum absolute atomic E-state index is 12.7. The van der Waals surface area contributed by atoms with E-state index in [0.29, 0.717) is 33.0 Å². The average molecular weight is 351 g/mol. The van der Waals surface area contributed by atoms with Gasteiger partial charge in [-0.05, 0) is 36.4 Å². The summed E-state index contributed by atoms with van der Waals surface area (Å²) in [7, 11) is 0. The molecule has 4 aromatic rings. The number of nitrogens with zero attached hydrogens (tertiary/aromatic N) is 3. The Balaban J connectivity index is 1.87. The van der Waals surface area contributed by atoms with E-state index in [1.807, 2.05) is 12.1 Å². The van der Waals surface area contributed by atoms with Crippen LogP contribution >= 0.6 is 11.6 Å². The minimum atomic E-state index is -0.320. The van der Waals surface area contributed by atoms with Gasteiger partial charge in [0, 0.05) is 34.4 Å². The average Bonchev–Trinajstić information content (AvgIpc) is 3.14. The second kappa shape index (κ2) is 6.33. The lowest BCUT2D eigenvalue weighted by atomic mass is 10.0. The molecule has 0 aliphatic heterocycles. The third-order valence-corrected chi connectivity index (χ3v) is 3.91. The Bertz CT molecular complexity index is 1050. The van der Waals surface area contributed by atoms with Gasteiger partial charge in [-0.3, -0.25) is 9.78 Å². The highest BCUT2D eigenvalue weighted by molar-refractivity contribution is 6.31. The van der Waals surface area contributed by atoms with E-state index in [1.165, 1.54) is 6.26 Å². The molecule has 3 aromatic heterocycles. The number of carbonyl (C=O) groups is 1. The van der Waals surface area contributed by atoms with Gasteiger partial charge in [0.2, 0.25) is 0 Å². The number of benzene rings is 1. The molecule has 0 atom stereocenters. The number of fused-ring (bicyclic) bond motifs is 1. The van der Waals surface area contributed by atoms with E-state index < -0.39 is 0 Å². The summed E-state index contributed by atoms with van der Waals surface area (Å²) in [6, 6.07) is 12.2. The van der Waals surface area contributed by atoms with Gasteiger partial charge in [0.05, 0.1) is 16.8 Å². The number of rotatable bonds is 3. The number of halogens is 1. The number of hydrogen-bond donors (Lipinski definition) is 1. The lowest BCUT2D eigenvalue weighted by molar-refractivity contribution is 0.102. The SMILES string of the molecule is O=C(Nc1ccon1)c1cc(-c2ccncc2)nc2ccc(Cl)cc12. The highest BCUT2D eigenvalue weighted by Gasteiger charge is 2.15. The van der Waals surface area contributed by atoms with Crippen molar-refractivity contribution < 1.29 is 9.32 Å². The number of anilines is 1.